The molecule has 0 N–H and O–H groups in total. The van der Waals surface area contributed by atoms with E-state index in [2.05, 4.69) is 10.1 Å². The molecule has 120 valence electrons. The largest absolute Gasteiger partial charge is 0.497 e. The summed E-state index contributed by atoms with van der Waals surface area (Å²) in [6.45, 7) is 4.01. The van der Waals surface area contributed by atoms with Gasteiger partial charge in [-0.15, -0.1) is 0 Å². The van der Waals surface area contributed by atoms with Gasteiger partial charge < -0.3 is 13.7 Å². The van der Waals surface area contributed by atoms with E-state index < -0.39 is 0 Å². The maximum Gasteiger partial charge on any atom is 0.258 e. The third-order valence-corrected chi connectivity index (χ3v) is 4.07. The molecule has 2 aromatic heterocycles. The first kappa shape index (κ1) is 14.5. The molecule has 0 bridgehead atoms. The van der Waals surface area contributed by atoms with Crippen molar-refractivity contribution in [3.8, 4) is 28.8 Å². The van der Waals surface area contributed by atoms with Gasteiger partial charge in [-0.2, -0.15) is 4.98 Å². The molecular weight excluding hydrogens is 304 g/mol. The van der Waals surface area contributed by atoms with Crippen LogP contribution in [0, 0.1) is 13.8 Å². The van der Waals surface area contributed by atoms with Gasteiger partial charge in [0, 0.05) is 16.5 Å². The SMILES string of the molecule is COc1ccc2oc(-c3noc(-c4ccc(C)cc4)n3)c(C)c2c1. The van der Waals surface area contributed by atoms with Gasteiger partial charge in [0.1, 0.15) is 11.3 Å². The van der Waals surface area contributed by atoms with E-state index in [1.807, 2.05) is 56.3 Å². The Labute approximate surface area is 138 Å². The first-order valence-corrected chi connectivity index (χ1v) is 7.64. The Hall–Kier alpha value is -3.08. The number of hydrogen-bond donors (Lipinski definition) is 0. The maximum absolute atomic E-state index is 5.91. The van der Waals surface area contributed by atoms with Crippen molar-refractivity contribution in [3.63, 3.8) is 0 Å². The Morgan fingerprint density at radius 2 is 1.79 bits per heavy atom. The van der Waals surface area contributed by atoms with Gasteiger partial charge in [0.2, 0.25) is 5.82 Å². The van der Waals surface area contributed by atoms with Gasteiger partial charge in [-0.05, 0) is 44.2 Å². The fourth-order valence-corrected chi connectivity index (χ4v) is 2.67. The molecule has 0 saturated carbocycles. The highest BCUT2D eigenvalue weighted by Gasteiger charge is 2.19. The van der Waals surface area contributed by atoms with Crippen LogP contribution in [0.15, 0.2) is 51.4 Å². The molecule has 2 heterocycles. The fraction of sp³-hybridized carbons (Fsp3) is 0.158. The Kier molecular flexibility index (Phi) is 3.34. The Balaban J connectivity index is 1.78. The monoisotopic (exact) mass is 320 g/mol. The quantitative estimate of drug-likeness (QED) is 0.544. The summed E-state index contributed by atoms with van der Waals surface area (Å²) >= 11 is 0. The topological polar surface area (TPSA) is 61.3 Å². The van der Waals surface area contributed by atoms with Crippen LogP contribution in [0.5, 0.6) is 5.75 Å². The Bertz CT molecular complexity index is 1010. The standard InChI is InChI=1S/C19H16N2O3/c1-11-4-6-13(7-5-11)19-20-18(21-24-19)17-12(2)15-10-14(22-3)8-9-16(15)23-17/h4-10H,1-3H3. The van der Waals surface area contributed by atoms with Gasteiger partial charge in [0.15, 0.2) is 5.76 Å². The first-order valence-electron chi connectivity index (χ1n) is 7.64. The summed E-state index contributed by atoms with van der Waals surface area (Å²) in [6, 6.07) is 13.6. The number of methoxy groups -OCH3 is 1. The molecule has 0 unspecified atom stereocenters. The third-order valence-electron chi connectivity index (χ3n) is 4.07. The second kappa shape index (κ2) is 5.53. The Morgan fingerprint density at radius 1 is 1.00 bits per heavy atom. The van der Waals surface area contributed by atoms with E-state index in [1.165, 1.54) is 5.56 Å². The van der Waals surface area contributed by atoms with E-state index in [0.29, 0.717) is 17.5 Å². The molecule has 0 saturated heterocycles. The number of benzene rings is 2. The minimum Gasteiger partial charge on any atom is -0.497 e. The van der Waals surface area contributed by atoms with Gasteiger partial charge in [-0.3, -0.25) is 0 Å². The van der Waals surface area contributed by atoms with Crippen molar-refractivity contribution in [1.82, 2.24) is 10.1 Å². The minimum atomic E-state index is 0.443. The average molecular weight is 320 g/mol. The molecule has 4 aromatic rings. The summed E-state index contributed by atoms with van der Waals surface area (Å²) in [7, 11) is 1.64. The Morgan fingerprint density at radius 3 is 2.54 bits per heavy atom. The summed E-state index contributed by atoms with van der Waals surface area (Å²) in [5.74, 6) is 2.31. The second-order valence-corrected chi connectivity index (χ2v) is 5.71. The zero-order valence-electron chi connectivity index (χ0n) is 13.7. The maximum atomic E-state index is 5.91. The number of aromatic nitrogens is 2. The van der Waals surface area contributed by atoms with Crippen LogP contribution in [0.3, 0.4) is 0 Å². The molecule has 0 atom stereocenters. The molecule has 0 spiro atoms. The van der Waals surface area contributed by atoms with Crippen molar-refractivity contribution in [3.05, 3.63) is 53.6 Å². The van der Waals surface area contributed by atoms with E-state index in [0.717, 1.165) is 27.8 Å². The van der Waals surface area contributed by atoms with Crippen LogP contribution in [0.2, 0.25) is 0 Å². The predicted molar refractivity (Wildman–Crippen MR) is 91.0 cm³/mol. The van der Waals surface area contributed by atoms with E-state index in [9.17, 15) is 0 Å². The molecular formula is C19H16N2O3. The molecule has 0 aliphatic rings. The van der Waals surface area contributed by atoms with E-state index in [4.69, 9.17) is 13.7 Å². The molecule has 0 radical (unpaired) electrons. The number of rotatable bonds is 3. The van der Waals surface area contributed by atoms with Crippen LogP contribution >= 0.6 is 0 Å². The minimum absolute atomic E-state index is 0.443. The van der Waals surface area contributed by atoms with Crippen molar-refractivity contribution in [1.29, 1.82) is 0 Å². The molecule has 24 heavy (non-hydrogen) atoms. The lowest BCUT2D eigenvalue weighted by Gasteiger charge is -1.97. The number of fused-ring (bicyclic) bond motifs is 1. The lowest BCUT2D eigenvalue weighted by molar-refractivity contribution is 0.415. The van der Waals surface area contributed by atoms with Gasteiger partial charge in [0.25, 0.3) is 5.89 Å². The van der Waals surface area contributed by atoms with Crippen LogP contribution in [-0.2, 0) is 0 Å². The van der Waals surface area contributed by atoms with Gasteiger partial charge >= 0.3 is 0 Å². The number of hydrogen-bond acceptors (Lipinski definition) is 5. The number of nitrogens with zero attached hydrogens (tertiary/aromatic N) is 2. The van der Waals surface area contributed by atoms with Crippen molar-refractivity contribution in [2.24, 2.45) is 0 Å². The van der Waals surface area contributed by atoms with Gasteiger partial charge in [-0.25, -0.2) is 0 Å². The van der Waals surface area contributed by atoms with Crippen molar-refractivity contribution < 1.29 is 13.7 Å². The van der Waals surface area contributed by atoms with E-state index >= 15 is 0 Å². The normalized spacial score (nSPS) is 11.1. The molecule has 0 aliphatic carbocycles. The number of ether oxygens (including phenoxy) is 1. The summed E-state index contributed by atoms with van der Waals surface area (Å²) in [6.07, 6.45) is 0. The summed E-state index contributed by atoms with van der Waals surface area (Å²) in [5.41, 5.74) is 3.79. The molecule has 0 amide bonds. The highest BCUT2D eigenvalue weighted by atomic mass is 16.5. The molecule has 0 aliphatic heterocycles. The van der Waals surface area contributed by atoms with Crippen LogP contribution < -0.4 is 4.74 Å². The number of furan rings is 1. The van der Waals surface area contributed by atoms with E-state index in [1.54, 1.807) is 7.11 Å². The molecule has 0 fully saturated rings. The first-order chi connectivity index (χ1) is 11.7. The number of aryl methyl sites for hydroxylation is 2. The van der Waals surface area contributed by atoms with Crippen LogP contribution in [0.4, 0.5) is 0 Å². The van der Waals surface area contributed by atoms with Crippen LogP contribution in [0.25, 0.3) is 34.0 Å². The lowest BCUT2D eigenvalue weighted by atomic mass is 10.1. The predicted octanol–water partition coefficient (Wildman–Crippen LogP) is 4.78. The van der Waals surface area contributed by atoms with Crippen molar-refractivity contribution >= 4 is 11.0 Å². The van der Waals surface area contributed by atoms with Crippen molar-refractivity contribution in [2.45, 2.75) is 13.8 Å². The van der Waals surface area contributed by atoms with Gasteiger partial charge in [0.05, 0.1) is 7.11 Å². The third kappa shape index (κ3) is 2.34. The molecule has 2 aromatic carbocycles. The molecule has 5 nitrogen and oxygen atoms in total. The zero-order valence-corrected chi connectivity index (χ0v) is 13.7. The fourth-order valence-electron chi connectivity index (χ4n) is 2.67. The highest BCUT2D eigenvalue weighted by molar-refractivity contribution is 5.87. The average Bonchev–Trinajstić information content (AvgIpc) is 3.20. The molecule has 4 rings (SSSR count). The summed E-state index contributed by atoms with van der Waals surface area (Å²) < 4.78 is 16.6. The lowest BCUT2D eigenvalue weighted by Crippen LogP contribution is -1.83. The highest BCUT2D eigenvalue weighted by Crippen LogP contribution is 2.34. The smallest absolute Gasteiger partial charge is 0.258 e. The summed E-state index contributed by atoms with van der Waals surface area (Å²) in [4.78, 5) is 4.48. The van der Waals surface area contributed by atoms with Crippen molar-refractivity contribution in [2.75, 3.05) is 7.11 Å². The molecule has 5 heteroatoms. The second-order valence-electron chi connectivity index (χ2n) is 5.71. The van der Waals surface area contributed by atoms with Crippen LogP contribution in [-0.4, -0.2) is 17.3 Å². The van der Waals surface area contributed by atoms with Crippen LogP contribution in [0.1, 0.15) is 11.1 Å². The summed E-state index contributed by atoms with van der Waals surface area (Å²) in [5, 5.41) is 5.05. The zero-order chi connectivity index (χ0) is 16.7. The van der Waals surface area contributed by atoms with Gasteiger partial charge in [-0.1, -0.05) is 22.9 Å². The van der Waals surface area contributed by atoms with E-state index in [-0.39, 0.29) is 0 Å².